The summed E-state index contributed by atoms with van der Waals surface area (Å²) in [6.07, 6.45) is 0. The van der Waals surface area contributed by atoms with E-state index in [0.717, 1.165) is 10.0 Å². The second-order valence-corrected chi connectivity index (χ2v) is 7.38. The molecule has 0 aliphatic carbocycles. The van der Waals surface area contributed by atoms with Crippen LogP contribution in [0.2, 0.25) is 0 Å². The van der Waals surface area contributed by atoms with Gasteiger partial charge in [-0.3, -0.25) is 10.1 Å². The van der Waals surface area contributed by atoms with Crippen molar-refractivity contribution in [1.29, 1.82) is 0 Å². The number of hydrogen-bond acceptors (Lipinski definition) is 8. The van der Waals surface area contributed by atoms with E-state index in [9.17, 15) is 10.1 Å². The van der Waals surface area contributed by atoms with Crippen LogP contribution in [0, 0.1) is 10.1 Å². The molecule has 3 aromatic rings. The van der Waals surface area contributed by atoms with Gasteiger partial charge in [0.15, 0.2) is 6.79 Å². The van der Waals surface area contributed by atoms with E-state index in [0.29, 0.717) is 33.7 Å². The summed E-state index contributed by atoms with van der Waals surface area (Å²) in [4.78, 5) is 10.7. The molecule has 1 aromatic heterocycles. The van der Waals surface area contributed by atoms with Gasteiger partial charge in [-0.25, -0.2) is 0 Å². The van der Waals surface area contributed by atoms with Crippen molar-refractivity contribution in [2.24, 2.45) is 0 Å². The molecule has 0 spiro atoms. The average Bonchev–Trinajstić information content (AvgIpc) is 3.15. The molecule has 8 nitrogen and oxygen atoms in total. The quantitative estimate of drug-likeness (QED) is 0.317. The number of fused-ring (bicyclic) bond motifs is 1. The molecule has 0 saturated carbocycles. The molecule has 0 unspecified atom stereocenters. The highest BCUT2D eigenvalue weighted by Crippen LogP contribution is 2.37. The number of halogens is 1. The fourth-order valence-corrected chi connectivity index (χ4v) is 3.83. The fourth-order valence-electron chi connectivity index (χ4n) is 2.64. The summed E-state index contributed by atoms with van der Waals surface area (Å²) in [6.45, 7) is 0.399. The maximum absolute atomic E-state index is 11.2. The Hall–Kier alpha value is -2.43. The highest BCUT2D eigenvalue weighted by atomic mass is 79.9. The van der Waals surface area contributed by atoms with Gasteiger partial charge >= 0.3 is 0 Å². The van der Waals surface area contributed by atoms with Gasteiger partial charge in [0, 0.05) is 33.5 Å². The minimum Gasteiger partial charge on any atom is -0.467 e. The number of aromatic nitrogens is 2. The van der Waals surface area contributed by atoms with Gasteiger partial charge in [-0.15, -0.1) is 10.2 Å². The Morgan fingerprint density at radius 1 is 1.26 bits per heavy atom. The molecule has 2 aromatic carbocycles. The lowest BCUT2D eigenvalue weighted by Crippen LogP contribution is -2.13. The van der Waals surface area contributed by atoms with Crippen LogP contribution in [0.4, 0.5) is 5.69 Å². The molecule has 27 heavy (non-hydrogen) atoms. The third-order valence-electron chi connectivity index (χ3n) is 3.84. The van der Waals surface area contributed by atoms with Crippen molar-refractivity contribution in [3.8, 4) is 17.2 Å². The molecule has 0 atom stereocenters. The smallest absolute Gasteiger partial charge is 0.277 e. The number of non-ortho nitro benzene ring substituents is 1. The summed E-state index contributed by atoms with van der Waals surface area (Å²) < 4.78 is 17.3. The summed E-state index contributed by atoms with van der Waals surface area (Å²) in [5.74, 6) is 1.40. The molecule has 0 bridgehead atoms. The van der Waals surface area contributed by atoms with E-state index in [1.165, 1.54) is 23.9 Å². The van der Waals surface area contributed by atoms with Crippen molar-refractivity contribution >= 4 is 33.4 Å². The number of nitro benzene ring substituents is 1. The van der Waals surface area contributed by atoms with Crippen molar-refractivity contribution < 1.29 is 18.8 Å². The van der Waals surface area contributed by atoms with Gasteiger partial charge in [0.1, 0.15) is 5.75 Å². The SMILES string of the molecule is O=[N+]([O-])c1cc2c(c(CSc3nnc(-c4ccccc4Br)o3)c1)OCOC2. The first-order chi connectivity index (χ1) is 13.1. The first-order valence-corrected chi connectivity index (χ1v) is 9.61. The van der Waals surface area contributed by atoms with Crippen LogP contribution in [0.25, 0.3) is 11.5 Å². The molecule has 1 aliphatic heterocycles. The Balaban J connectivity index is 1.56. The first-order valence-electron chi connectivity index (χ1n) is 7.84. The van der Waals surface area contributed by atoms with Crippen LogP contribution in [0.5, 0.6) is 5.75 Å². The molecule has 10 heteroatoms. The van der Waals surface area contributed by atoms with Crippen molar-refractivity contribution in [3.63, 3.8) is 0 Å². The molecule has 0 fully saturated rings. The van der Waals surface area contributed by atoms with Crippen molar-refractivity contribution in [1.82, 2.24) is 10.2 Å². The number of ether oxygens (including phenoxy) is 2. The summed E-state index contributed by atoms with van der Waals surface area (Å²) in [6, 6.07) is 10.5. The Kier molecular flexibility index (Phi) is 5.10. The third-order valence-corrected chi connectivity index (χ3v) is 5.40. The van der Waals surface area contributed by atoms with Crippen LogP contribution >= 0.6 is 27.7 Å². The maximum Gasteiger partial charge on any atom is 0.277 e. The van der Waals surface area contributed by atoms with Gasteiger partial charge in [-0.05, 0) is 28.1 Å². The number of nitrogens with zero attached hydrogens (tertiary/aromatic N) is 3. The third kappa shape index (κ3) is 3.82. The summed E-state index contributed by atoms with van der Waals surface area (Å²) in [5.41, 5.74) is 2.14. The Bertz CT molecular complexity index is 1010. The second-order valence-electron chi connectivity index (χ2n) is 5.60. The van der Waals surface area contributed by atoms with Crippen molar-refractivity contribution in [2.45, 2.75) is 17.6 Å². The zero-order valence-electron chi connectivity index (χ0n) is 13.8. The lowest BCUT2D eigenvalue weighted by atomic mass is 10.1. The molecular formula is C17H12BrN3O5S. The highest BCUT2D eigenvalue weighted by molar-refractivity contribution is 9.10. The molecule has 0 amide bonds. The van der Waals surface area contributed by atoms with E-state index in [-0.39, 0.29) is 19.1 Å². The van der Waals surface area contributed by atoms with Gasteiger partial charge in [0.2, 0.25) is 5.89 Å². The van der Waals surface area contributed by atoms with E-state index >= 15 is 0 Å². The highest BCUT2D eigenvalue weighted by Gasteiger charge is 2.22. The topological polar surface area (TPSA) is 101 Å². The van der Waals surface area contributed by atoms with E-state index in [1.54, 1.807) is 0 Å². The van der Waals surface area contributed by atoms with Gasteiger partial charge in [-0.1, -0.05) is 23.9 Å². The van der Waals surface area contributed by atoms with Gasteiger partial charge < -0.3 is 13.9 Å². The predicted octanol–water partition coefficient (Wildman–Crippen LogP) is 4.57. The zero-order chi connectivity index (χ0) is 18.8. The zero-order valence-corrected chi connectivity index (χ0v) is 16.2. The minimum absolute atomic E-state index is 0.00196. The second kappa shape index (κ2) is 7.67. The number of hydrogen-bond donors (Lipinski definition) is 0. The van der Waals surface area contributed by atoms with E-state index < -0.39 is 4.92 Å². The van der Waals surface area contributed by atoms with E-state index in [2.05, 4.69) is 26.1 Å². The monoisotopic (exact) mass is 449 g/mol. The molecule has 138 valence electrons. The molecule has 4 rings (SSSR count). The molecule has 2 heterocycles. The van der Waals surface area contributed by atoms with Gasteiger partial charge in [0.05, 0.1) is 17.1 Å². The number of rotatable bonds is 5. The Labute approximate surface area is 166 Å². The molecule has 0 radical (unpaired) electrons. The average molecular weight is 450 g/mol. The lowest BCUT2D eigenvalue weighted by molar-refractivity contribution is -0.385. The van der Waals surface area contributed by atoms with Gasteiger partial charge in [-0.2, -0.15) is 0 Å². The van der Waals surface area contributed by atoms with Crippen molar-refractivity contribution in [2.75, 3.05) is 6.79 Å². The Morgan fingerprint density at radius 2 is 2.11 bits per heavy atom. The van der Waals surface area contributed by atoms with E-state index in [4.69, 9.17) is 13.9 Å². The van der Waals surface area contributed by atoms with Crippen LogP contribution in [0.15, 0.2) is 50.5 Å². The largest absolute Gasteiger partial charge is 0.467 e. The summed E-state index contributed by atoms with van der Waals surface area (Å²) >= 11 is 4.74. The van der Waals surface area contributed by atoms with Crippen LogP contribution < -0.4 is 4.74 Å². The van der Waals surface area contributed by atoms with Crippen LogP contribution in [0.3, 0.4) is 0 Å². The van der Waals surface area contributed by atoms with Crippen molar-refractivity contribution in [3.05, 3.63) is 62.1 Å². The number of benzene rings is 2. The van der Waals surface area contributed by atoms with Gasteiger partial charge in [0.25, 0.3) is 10.9 Å². The minimum atomic E-state index is -0.430. The summed E-state index contributed by atoms with van der Waals surface area (Å²) in [5, 5.41) is 19.7. The Morgan fingerprint density at radius 3 is 2.93 bits per heavy atom. The molecular weight excluding hydrogens is 438 g/mol. The number of thioether (sulfide) groups is 1. The van der Waals surface area contributed by atoms with E-state index in [1.807, 2.05) is 24.3 Å². The summed E-state index contributed by atoms with van der Waals surface area (Å²) in [7, 11) is 0. The molecule has 1 aliphatic rings. The molecule has 0 saturated heterocycles. The fraction of sp³-hybridized carbons (Fsp3) is 0.176. The number of nitro groups is 1. The van der Waals surface area contributed by atoms with Crippen LogP contribution in [-0.4, -0.2) is 21.9 Å². The standard InChI is InChI=1S/C17H12BrN3O5S/c18-14-4-2-1-3-13(14)16-19-20-17(26-16)27-8-11-6-12(21(22)23)5-10-7-24-9-25-15(10)11/h1-6H,7-9H2. The first kappa shape index (κ1) is 18.0. The maximum atomic E-state index is 11.2. The van der Waals surface area contributed by atoms with Crippen LogP contribution in [0.1, 0.15) is 11.1 Å². The van der Waals surface area contributed by atoms with Crippen LogP contribution in [-0.2, 0) is 17.1 Å². The predicted molar refractivity (Wildman–Crippen MR) is 100 cm³/mol. The normalized spacial score (nSPS) is 13.1. The molecule has 0 N–H and O–H groups in total. The lowest BCUT2D eigenvalue weighted by Gasteiger charge is -2.20.